The van der Waals surface area contributed by atoms with Gasteiger partial charge in [-0.2, -0.15) is 0 Å². The number of halogens is 1. The van der Waals surface area contributed by atoms with Crippen LogP contribution in [-0.2, 0) is 4.79 Å². The SMILES string of the molecule is Cc1ccc(NC(=O)CNc2cccc(Br)c2)c([N+](=O)[O-])c1. The Hall–Kier alpha value is -2.41. The Bertz CT molecular complexity index is 719. The predicted molar refractivity (Wildman–Crippen MR) is 89.1 cm³/mol. The standard InChI is InChI=1S/C15H14BrN3O3/c1-10-5-6-13(14(7-10)19(21)22)18-15(20)9-17-12-4-2-3-11(16)8-12/h2-8,17H,9H2,1H3,(H,18,20). The molecule has 22 heavy (non-hydrogen) atoms. The molecule has 1 amide bonds. The quantitative estimate of drug-likeness (QED) is 0.626. The molecule has 2 aromatic rings. The number of hydrogen-bond donors (Lipinski definition) is 2. The molecule has 0 saturated heterocycles. The van der Waals surface area contributed by atoms with Crippen molar-refractivity contribution < 1.29 is 9.72 Å². The number of carbonyl (C=O) groups is 1. The van der Waals surface area contributed by atoms with Crippen LogP contribution in [0.25, 0.3) is 0 Å². The van der Waals surface area contributed by atoms with Gasteiger partial charge in [-0.3, -0.25) is 14.9 Å². The Morgan fingerprint density at radius 1 is 1.27 bits per heavy atom. The number of amides is 1. The number of nitro groups is 1. The fourth-order valence-corrected chi connectivity index (χ4v) is 2.27. The molecule has 0 aliphatic rings. The summed E-state index contributed by atoms with van der Waals surface area (Å²) < 4.78 is 0.895. The second kappa shape index (κ2) is 7.04. The molecule has 2 rings (SSSR count). The summed E-state index contributed by atoms with van der Waals surface area (Å²) in [6.45, 7) is 1.77. The monoisotopic (exact) mass is 363 g/mol. The number of nitrogens with one attached hydrogen (secondary N) is 2. The average molecular weight is 364 g/mol. The summed E-state index contributed by atoms with van der Waals surface area (Å²) in [6.07, 6.45) is 0. The number of carbonyl (C=O) groups excluding carboxylic acids is 1. The Morgan fingerprint density at radius 3 is 2.73 bits per heavy atom. The van der Waals surface area contributed by atoms with Crippen molar-refractivity contribution in [2.24, 2.45) is 0 Å². The Labute approximate surface area is 135 Å². The lowest BCUT2D eigenvalue weighted by Gasteiger charge is -2.09. The van der Waals surface area contributed by atoms with Crippen molar-refractivity contribution in [1.82, 2.24) is 0 Å². The first-order valence-corrected chi connectivity index (χ1v) is 7.29. The molecular formula is C15H14BrN3O3. The van der Waals surface area contributed by atoms with E-state index in [0.717, 1.165) is 15.7 Å². The minimum atomic E-state index is -0.510. The molecule has 0 heterocycles. The van der Waals surface area contributed by atoms with E-state index >= 15 is 0 Å². The van der Waals surface area contributed by atoms with Crippen LogP contribution in [0.2, 0.25) is 0 Å². The average Bonchev–Trinajstić information content (AvgIpc) is 2.47. The number of nitrogens with zero attached hydrogens (tertiary/aromatic N) is 1. The van der Waals surface area contributed by atoms with Gasteiger partial charge in [0.15, 0.2) is 0 Å². The van der Waals surface area contributed by atoms with E-state index in [0.29, 0.717) is 0 Å². The van der Waals surface area contributed by atoms with E-state index < -0.39 is 4.92 Å². The van der Waals surface area contributed by atoms with E-state index in [-0.39, 0.29) is 23.8 Å². The molecule has 0 aromatic heterocycles. The fraction of sp³-hybridized carbons (Fsp3) is 0.133. The van der Waals surface area contributed by atoms with E-state index in [1.54, 1.807) is 13.0 Å². The van der Waals surface area contributed by atoms with Crippen molar-refractivity contribution in [3.05, 3.63) is 62.6 Å². The second-order valence-electron chi connectivity index (χ2n) is 4.69. The molecule has 0 atom stereocenters. The smallest absolute Gasteiger partial charge is 0.293 e. The zero-order valence-electron chi connectivity index (χ0n) is 11.8. The highest BCUT2D eigenvalue weighted by Gasteiger charge is 2.15. The van der Waals surface area contributed by atoms with Crippen molar-refractivity contribution in [3.63, 3.8) is 0 Å². The maximum Gasteiger partial charge on any atom is 0.293 e. The van der Waals surface area contributed by atoms with Crippen LogP contribution in [-0.4, -0.2) is 17.4 Å². The van der Waals surface area contributed by atoms with Crippen molar-refractivity contribution in [1.29, 1.82) is 0 Å². The highest BCUT2D eigenvalue weighted by atomic mass is 79.9. The van der Waals surface area contributed by atoms with Crippen molar-refractivity contribution in [2.45, 2.75) is 6.92 Å². The highest BCUT2D eigenvalue weighted by molar-refractivity contribution is 9.10. The summed E-state index contributed by atoms with van der Waals surface area (Å²) >= 11 is 3.34. The molecule has 0 unspecified atom stereocenters. The molecule has 2 aromatic carbocycles. The zero-order chi connectivity index (χ0) is 16.1. The van der Waals surface area contributed by atoms with Gasteiger partial charge in [-0.05, 0) is 36.8 Å². The number of nitro benzene ring substituents is 1. The van der Waals surface area contributed by atoms with Gasteiger partial charge in [0.2, 0.25) is 5.91 Å². The van der Waals surface area contributed by atoms with Crippen molar-refractivity contribution in [2.75, 3.05) is 17.2 Å². The number of rotatable bonds is 5. The van der Waals surface area contributed by atoms with Crippen LogP contribution >= 0.6 is 15.9 Å². The first-order valence-electron chi connectivity index (χ1n) is 6.50. The topological polar surface area (TPSA) is 84.3 Å². The number of anilines is 2. The van der Waals surface area contributed by atoms with Crippen molar-refractivity contribution in [3.8, 4) is 0 Å². The van der Waals surface area contributed by atoms with E-state index in [4.69, 9.17) is 0 Å². The predicted octanol–water partition coefficient (Wildman–Crippen LogP) is 3.72. The van der Waals surface area contributed by atoms with Gasteiger partial charge >= 0.3 is 0 Å². The van der Waals surface area contributed by atoms with Crippen LogP contribution in [0.4, 0.5) is 17.1 Å². The molecule has 114 valence electrons. The summed E-state index contributed by atoms with van der Waals surface area (Å²) in [7, 11) is 0. The van der Waals surface area contributed by atoms with Gasteiger partial charge in [0.1, 0.15) is 5.69 Å². The van der Waals surface area contributed by atoms with Crippen LogP contribution in [0.1, 0.15) is 5.56 Å². The molecule has 0 aliphatic heterocycles. The van der Waals surface area contributed by atoms with Gasteiger partial charge < -0.3 is 10.6 Å². The lowest BCUT2D eigenvalue weighted by atomic mass is 10.2. The molecule has 6 nitrogen and oxygen atoms in total. The Balaban J connectivity index is 2.02. The molecule has 7 heteroatoms. The van der Waals surface area contributed by atoms with Crippen molar-refractivity contribution >= 4 is 38.9 Å². The maximum absolute atomic E-state index is 11.9. The molecule has 0 fully saturated rings. The van der Waals surface area contributed by atoms with Gasteiger partial charge in [0, 0.05) is 16.2 Å². The van der Waals surface area contributed by atoms with Gasteiger partial charge in [-0.1, -0.05) is 28.1 Å². The van der Waals surface area contributed by atoms with Gasteiger partial charge in [-0.25, -0.2) is 0 Å². The molecular weight excluding hydrogens is 350 g/mol. The fourth-order valence-electron chi connectivity index (χ4n) is 1.87. The summed E-state index contributed by atoms with van der Waals surface area (Å²) in [4.78, 5) is 22.4. The van der Waals surface area contributed by atoms with E-state index in [9.17, 15) is 14.9 Å². The first kappa shape index (κ1) is 16.0. The molecule has 0 saturated carbocycles. The Morgan fingerprint density at radius 2 is 2.05 bits per heavy atom. The summed E-state index contributed by atoms with van der Waals surface area (Å²) in [5.41, 5.74) is 1.62. The van der Waals surface area contributed by atoms with Gasteiger partial charge in [-0.15, -0.1) is 0 Å². The minimum absolute atomic E-state index is 0.0154. The Kier molecular flexibility index (Phi) is 5.11. The van der Waals surface area contributed by atoms with Crippen LogP contribution in [0, 0.1) is 17.0 Å². The lowest BCUT2D eigenvalue weighted by Crippen LogP contribution is -2.22. The van der Waals surface area contributed by atoms with Crippen LogP contribution < -0.4 is 10.6 Å². The summed E-state index contributed by atoms with van der Waals surface area (Å²) in [5.74, 6) is -0.355. The third-order valence-corrected chi connectivity index (χ3v) is 3.39. The van der Waals surface area contributed by atoms with Gasteiger partial charge in [0.05, 0.1) is 11.5 Å². The summed E-state index contributed by atoms with van der Waals surface area (Å²) in [5, 5.41) is 16.5. The van der Waals surface area contributed by atoms with E-state index in [1.165, 1.54) is 12.1 Å². The highest BCUT2D eigenvalue weighted by Crippen LogP contribution is 2.25. The largest absolute Gasteiger partial charge is 0.376 e. The maximum atomic E-state index is 11.9. The van der Waals surface area contributed by atoms with Gasteiger partial charge in [0.25, 0.3) is 5.69 Å². The van der Waals surface area contributed by atoms with Crippen LogP contribution in [0.15, 0.2) is 46.9 Å². The second-order valence-corrected chi connectivity index (χ2v) is 5.61. The van der Waals surface area contributed by atoms with E-state index in [1.807, 2.05) is 24.3 Å². The normalized spacial score (nSPS) is 10.1. The molecule has 0 radical (unpaired) electrons. The third-order valence-electron chi connectivity index (χ3n) is 2.90. The first-order chi connectivity index (χ1) is 10.5. The third kappa shape index (κ3) is 4.29. The number of hydrogen-bond acceptors (Lipinski definition) is 4. The minimum Gasteiger partial charge on any atom is -0.376 e. The zero-order valence-corrected chi connectivity index (χ0v) is 13.4. The molecule has 0 spiro atoms. The lowest BCUT2D eigenvalue weighted by molar-refractivity contribution is -0.384. The molecule has 2 N–H and O–H groups in total. The number of aryl methyl sites for hydroxylation is 1. The molecule has 0 aliphatic carbocycles. The van der Waals surface area contributed by atoms with Crippen LogP contribution in [0.5, 0.6) is 0 Å². The van der Waals surface area contributed by atoms with E-state index in [2.05, 4.69) is 26.6 Å². The number of benzene rings is 2. The summed E-state index contributed by atoms with van der Waals surface area (Å²) in [6, 6.07) is 12.1. The molecule has 0 bridgehead atoms. The van der Waals surface area contributed by atoms with Crippen LogP contribution in [0.3, 0.4) is 0 Å².